The average molecular weight is 552 g/mol. The zero-order chi connectivity index (χ0) is 28.7. The molecule has 0 amide bonds. The molecule has 3 aromatic carbocycles. The number of ether oxygens (including phenoxy) is 1. The molecule has 0 bridgehead atoms. The number of aromatic amines is 2. The van der Waals surface area contributed by atoms with Gasteiger partial charge in [-0.15, -0.1) is 0 Å². The maximum atomic E-state index is 10.6. The summed E-state index contributed by atoms with van der Waals surface area (Å²) in [6.07, 6.45) is -2.41. The molecule has 0 spiro atoms. The summed E-state index contributed by atoms with van der Waals surface area (Å²) in [5.41, 5.74) is 4.34. The van der Waals surface area contributed by atoms with E-state index in [0.717, 1.165) is 45.9 Å². The lowest BCUT2D eigenvalue weighted by Crippen LogP contribution is -2.22. The van der Waals surface area contributed by atoms with Crippen molar-refractivity contribution in [1.29, 1.82) is 0 Å². The first-order valence-corrected chi connectivity index (χ1v) is 12.5. The molecule has 2 aromatic heterocycles. The zero-order valence-electron chi connectivity index (χ0n) is 21.8. The summed E-state index contributed by atoms with van der Waals surface area (Å²) in [6, 6.07) is 24.7. The Hall–Kier alpha value is -4.64. The Labute approximate surface area is 228 Å². The van der Waals surface area contributed by atoms with Gasteiger partial charge in [-0.25, -0.2) is 9.78 Å². The summed E-state index contributed by atoms with van der Waals surface area (Å²) < 4.78 is 38.1. The Morgan fingerprint density at radius 2 is 1.80 bits per heavy atom. The van der Waals surface area contributed by atoms with Crippen molar-refractivity contribution >= 4 is 16.9 Å². The van der Waals surface area contributed by atoms with Crippen LogP contribution in [-0.2, 0) is 17.8 Å². The first-order chi connectivity index (χ1) is 19.1. The van der Waals surface area contributed by atoms with Crippen LogP contribution in [0, 0.1) is 0 Å². The van der Waals surface area contributed by atoms with Crippen LogP contribution in [0.25, 0.3) is 22.3 Å². The first kappa shape index (κ1) is 28.4. The van der Waals surface area contributed by atoms with E-state index in [2.05, 4.69) is 63.6 Å². The number of hydrogen-bond donors (Lipinski definition) is 4. The molecule has 11 heteroatoms. The van der Waals surface area contributed by atoms with Crippen molar-refractivity contribution in [3.8, 4) is 22.9 Å². The fourth-order valence-electron chi connectivity index (χ4n) is 3.88. The molecule has 5 aromatic rings. The second-order valence-electron chi connectivity index (χ2n) is 9.22. The summed E-state index contributed by atoms with van der Waals surface area (Å²) in [4.78, 5) is 16.9. The molecule has 8 nitrogen and oxygen atoms in total. The Balaban J connectivity index is 0.000000470. The molecule has 208 valence electrons. The molecule has 0 saturated heterocycles. The third-order valence-electron chi connectivity index (χ3n) is 5.80. The fraction of sp³-hybridized carbons (Fsp3) is 0.207. The molecule has 40 heavy (non-hydrogen) atoms. The molecule has 0 unspecified atom stereocenters. The first-order valence-electron chi connectivity index (χ1n) is 12.5. The third kappa shape index (κ3) is 7.48. The average Bonchev–Trinajstić information content (AvgIpc) is 3.58. The van der Waals surface area contributed by atoms with Crippen LogP contribution >= 0.6 is 0 Å². The third-order valence-corrected chi connectivity index (χ3v) is 5.80. The molecular formula is C29H28F3N5O3. The van der Waals surface area contributed by atoms with Crippen molar-refractivity contribution in [1.82, 2.24) is 25.5 Å². The summed E-state index contributed by atoms with van der Waals surface area (Å²) >= 11 is 0. The zero-order valence-corrected chi connectivity index (χ0v) is 21.8. The van der Waals surface area contributed by atoms with Gasteiger partial charge < -0.3 is 20.1 Å². The number of aromatic nitrogens is 4. The number of carboxylic acid groups (broad SMARTS) is 1. The van der Waals surface area contributed by atoms with Crippen LogP contribution in [0.4, 0.5) is 13.2 Å². The van der Waals surface area contributed by atoms with Crippen LogP contribution < -0.4 is 10.1 Å². The van der Waals surface area contributed by atoms with Crippen molar-refractivity contribution < 1.29 is 27.8 Å². The van der Waals surface area contributed by atoms with Gasteiger partial charge in [-0.2, -0.15) is 18.3 Å². The van der Waals surface area contributed by atoms with Gasteiger partial charge in [0, 0.05) is 47.2 Å². The van der Waals surface area contributed by atoms with Crippen molar-refractivity contribution in [3.63, 3.8) is 0 Å². The standard InChI is InChI=1S/C27H27N5O.C2HF3O2/c1-18(2)29-17-23-22-13-14-28-24(22)11-12-25(23)33-21-10-6-9-20(16-21)27-30-26(31-32-27)15-19-7-4-3-5-8-19;3-2(4,5)1(6)7/h3-14,16,18,28-29H,15,17H2,1-2H3,(H,30,31,32);(H,6,7). The molecule has 0 aliphatic carbocycles. The molecule has 0 radical (unpaired) electrons. The van der Waals surface area contributed by atoms with E-state index in [-0.39, 0.29) is 0 Å². The smallest absolute Gasteiger partial charge is 0.475 e. The number of nitrogens with zero attached hydrogens (tertiary/aromatic N) is 2. The maximum Gasteiger partial charge on any atom is 0.490 e. The highest BCUT2D eigenvalue weighted by molar-refractivity contribution is 5.85. The van der Waals surface area contributed by atoms with E-state index in [0.29, 0.717) is 18.3 Å². The fourth-order valence-corrected chi connectivity index (χ4v) is 3.88. The normalized spacial score (nSPS) is 11.3. The van der Waals surface area contributed by atoms with Gasteiger partial charge in [0.2, 0.25) is 0 Å². The molecule has 4 N–H and O–H groups in total. The van der Waals surface area contributed by atoms with Crippen molar-refractivity contribution in [2.75, 3.05) is 0 Å². The molecule has 0 atom stereocenters. The number of aliphatic carboxylic acids is 1. The number of carbonyl (C=O) groups is 1. The van der Waals surface area contributed by atoms with E-state index in [1.807, 2.05) is 54.7 Å². The van der Waals surface area contributed by atoms with E-state index in [9.17, 15) is 13.2 Å². The van der Waals surface area contributed by atoms with Crippen LogP contribution in [0.5, 0.6) is 11.5 Å². The number of fused-ring (bicyclic) bond motifs is 1. The summed E-state index contributed by atoms with van der Waals surface area (Å²) in [5.74, 6) is 0.332. The van der Waals surface area contributed by atoms with Crippen LogP contribution in [0.1, 0.15) is 30.8 Å². The molecule has 5 rings (SSSR count). The van der Waals surface area contributed by atoms with Crippen LogP contribution in [0.2, 0.25) is 0 Å². The quantitative estimate of drug-likeness (QED) is 0.176. The van der Waals surface area contributed by atoms with Crippen LogP contribution in [-0.4, -0.2) is 43.5 Å². The van der Waals surface area contributed by atoms with E-state index >= 15 is 0 Å². The number of rotatable bonds is 8. The minimum atomic E-state index is -5.08. The number of benzene rings is 3. The number of nitrogens with one attached hydrogen (secondary N) is 3. The van der Waals surface area contributed by atoms with Crippen molar-refractivity contribution in [2.45, 2.75) is 39.0 Å². The lowest BCUT2D eigenvalue weighted by Gasteiger charge is -2.15. The number of H-pyrrole nitrogens is 2. The maximum absolute atomic E-state index is 10.6. The van der Waals surface area contributed by atoms with E-state index in [1.54, 1.807) is 0 Å². The SMILES string of the molecule is CC(C)NCc1c(Oc2cccc(-c3n[nH]c(Cc4ccccc4)n3)c2)ccc2[nH]ccc12.O=C(O)C(F)(F)F. The van der Waals surface area contributed by atoms with Gasteiger partial charge in [0.1, 0.15) is 17.3 Å². The molecular weight excluding hydrogens is 523 g/mol. The van der Waals surface area contributed by atoms with Gasteiger partial charge in [0.15, 0.2) is 5.82 Å². The molecule has 0 aliphatic heterocycles. The van der Waals surface area contributed by atoms with Gasteiger partial charge in [0.25, 0.3) is 0 Å². The van der Waals surface area contributed by atoms with Gasteiger partial charge in [0.05, 0.1) is 0 Å². The Kier molecular flexibility index (Phi) is 8.85. The molecule has 2 heterocycles. The lowest BCUT2D eigenvalue weighted by atomic mass is 10.1. The van der Waals surface area contributed by atoms with Crippen LogP contribution in [0.15, 0.2) is 79.0 Å². The molecule has 0 saturated carbocycles. The number of hydrogen-bond acceptors (Lipinski definition) is 5. The lowest BCUT2D eigenvalue weighted by molar-refractivity contribution is -0.192. The minimum absolute atomic E-state index is 0.381. The summed E-state index contributed by atoms with van der Waals surface area (Å²) in [7, 11) is 0. The van der Waals surface area contributed by atoms with Gasteiger partial charge >= 0.3 is 12.1 Å². The molecule has 0 fully saturated rings. The van der Waals surface area contributed by atoms with Gasteiger partial charge in [-0.05, 0) is 35.9 Å². The largest absolute Gasteiger partial charge is 0.490 e. The molecule has 0 aliphatic rings. The van der Waals surface area contributed by atoms with Crippen molar-refractivity contribution in [3.05, 3.63) is 95.9 Å². The second kappa shape index (κ2) is 12.5. The highest BCUT2D eigenvalue weighted by Gasteiger charge is 2.38. The Morgan fingerprint density at radius 3 is 2.50 bits per heavy atom. The highest BCUT2D eigenvalue weighted by atomic mass is 19.4. The van der Waals surface area contributed by atoms with Gasteiger partial charge in [-0.3, -0.25) is 5.10 Å². The summed E-state index contributed by atoms with van der Waals surface area (Å²) in [6.45, 7) is 5.01. The Morgan fingerprint density at radius 1 is 1.05 bits per heavy atom. The van der Waals surface area contributed by atoms with E-state index < -0.39 is 12.1 Å². The van der Waals surface area contributed by atoms with E-state index in [4.69, 9.17) is 14.6 Å². The second-order valence-corrected chi connectivity index (χ2v) is 9.22. The number of alkyl halides is 3. The number of halogens is 3. The van der Waals surface area contributed by atoms with Crippen molar-refractivity contribution in [2.24, 2.45) is 0 Å². The topological polar surface area (TPSA) is 116 Å². The van der Waals surface area contributed by atoms with E-state index in [1.165, 1.54) is 5.56 Å². The summed E-state index contributed by atoms with van der Waals surface area (Å²) in [5, 5.41) is 19.3. The Bertz CT molecular complexity index is 1560. The minimum Gasteiger partial charge on any atom is -0.475 e. The van der Waals surface area contributed by atoms with Gasteiger partial charge in [-0.1, -0.05) is 56.3 Å². The predicted molar refractivity (Wildman–Crippen MR) is 145 cm³/mol. The highest BCUT2D eigenvalue weighted by Crippen LogP contribution is 2.32. The number of carboxylic acids is 1. The monoisotopic (exact) mass is 551 g/mol. The predicted octanol–water partition coefficient (Wildman–Crippen LogP) is 6.47. The van der Waals surface area contributed by atoms with Crippen LogP contribution in [0.3, 0.4) is 0 Å².